The molecule has 0 spiro atoms. The highest BCUT2D eigenvalue weighted by Crippen LogP contribution is 2.13. The minimum absolute atomic E-state index is 0.294. The molecule has 2 aromatic rings. The lowest BCUT2D eigenvalue weighted by Gasteiger charge is -2.08. The topological polar surface area (TPSA) is 48.1 Å². The number of halogens is 1. The van der Waals surface area contributed by atoms with Crippen LogP contribution in [0.1, 0.15) is 16.8 Å². The molecule has 1 aromatic heterocycles. The molecule has 0 saturated heterocycles. The second kappa shape index (κ2) is 6.75. The van der Waals surface area contributed by atoms with Gasteiger partial charge in [-0.2, -0.15) is 0 Å². The van der Waals surface area contributed by atoms with Crippen LogP contribution in [0.2, 0.25) is 0 Å². The van der Waals surface area contributed by atoms with Crippen molar-refractivity contribution in [3.8, 4) is 0 Å². The predicted molar refractivity (Wildman–Crippen MR) is 82.8 cm³/mol. The average Bonchev–Trinajstić information content (AvgIpc) is 2.41. The van der Waals surface area contributed by atoms with E-state index in [0.717, 1.165) is 15.6 Å². The van der Waals surface area contributed by atoms with E-state index >= 15 is 0 Å². The Bertz CT molecular complexity index is 572. The number of ether oxygens (including phenoxy) is 1. The number of nitrogens with two attached hydrogens (primary N) is 1. The Morgan fingerprint density at radius 1 is 1.21 bits per heavy atom. The lowest BCUT2D eigenvalue weighted by molar-refractivity contribution is 0.107. The lowest BCUT2D eigenvalue weighted by atomic mass is 10.2. The van der Waals surface area contributed by atoms with E-state index in [1.807, 2.05) is 36.4 Å². The molecule has 1 aromatic carbocycles. The van der Waals surface area contributed by atoms with Crippen LogP contribution in [0.4, 0.5) is 0 Å². The summed E-state index contributed by atoms with van der Waals surface area (Å²) in [7, 11) is 0. The number of rotatable bonds is 5. The van der Waals surface area contributed by atoms with Gasteiger partial charge in [0.15, 0.2) is 0 Å². The van der Waals surface area contributed by atoms with Gasteiger partial charge in [-0.05, 0) is 23.8 Å². The quantitative estimate of drug-likeness (QED) is 0.852. The molecular formula is C14H13BrN2OS. The number of pyridine rings is 1. The molecular weight excluding hydrogens is 324 g/mol. The summed E-state index contributed by atoms with van der Waals surface area (Å²) >= 11 is 8.36. The number of thiocarbonyl (C=S) groups is 1. The Morgan fingerprint density at radius 2 is 1.95 bits per heavy atom. The van der Waals surface area contributed by atoms with Crippen molar-refractivity contribution >= 4 is 33.1 Å². The predicted octanol–water partition coefficient (Wildman–Crippen LogP) is 3.20. The maximum atomic E-state index is 5.67. The van der Waals surface area contributed by atoms with Crippen LogP contribution in [0.3, 0.4) is 0 Å². The normalized spacial score (nSPS) is 10.4. The van der Waals surface area contributed by atoms with Gasteiger partial charge in [-0.3, -0.25) is 4.98 Å². The van der Waals surface area contributed by atoms with E-state index in [1.54, 1.807) is 6.20 Å². The molecule has 0 unspecified atom stereocenters. The first kappa shape index (κ1) is 14.1. The number of aromatic nitrogens is 1. The highest BCUT2D eigenvalue weighted by Gasteiger charge is 2.06. The van der Waals surface area contributed by atoms with Gasteiger partial charge in [0.05, 0.1) is 13.2 Å². The maximum absolute atomic E-state index is 5.67. The third-order valence-electron chi connectivity index (χ3n) is 2.56. The Morgan fingerprint density at radius 3 is 2.63 bits per heavy atom. The number of hydrogen-bond donors (Lipinski definition) is 1. The first-order chi connectivity index (χ1) is 9.16. The molecule has 3 nitrogen and oxygen atoms in total. The van der Waals surface area contributed by atoms with E-state index < -0.39 is 0 Å². The van der Waals surface area contributed by atoms with Crippen LogP contribution in [0, 0.1) is 0 Å². The summed E-state index contributed by atoms with van der Waals surface area (Å²) in [6, 6.07) is 11.8. The molecule has 19 heavy (non-hydrogen) atoms. The molecule has 5 heteroatoms. The van der Waals surface area contributed by atoms with Crippen molar-refractivity contribution < 1.29 is 4.74 Å². The van der Waals surface area contributed by atoms with Crippen LogP contribution in [0.5, 0.6) is 0 Å². The monoisotopic (exact) mass is 336 g/mol. The molecule has 2 rings (SSSR count). The van der Waals surface area contributed by atoms with Crippen LogP contribution in [-0.4, -0.2) is 9.97 Å². The summed E-state index contributed by atoms with van der Waals surface area (Å²) < 4.78 is 6.72. The maximum Gasteiger partial charge on any atom is 0.123 e. The summed E-state index contributed by atoms with van der Waals surface area (Å²) in [6.45, 7) is 0.982. The van der Waals surface area contributed by atoms with E-state index in [0.29, 0.717) is 23.9 Å². The molecule has 0 aliphatic heterocycles. The molecule has 2 N–H and O–H groups in total. The molecule has 0 atom stereocenters. The van der Waals surface area contributed by atoms with E-state index in [-0.39, 0.29) is 0 Å². The van der Waals surface area contributed by atoms with Crippen LogP contribution in [0.15, 0.2) is 47.1 Å². The third-order valence-corrected chi connectivity index (χ3v) is 3.29. The highest BCUT2D eigenvalue weighted by molar-refractivity contribution is 9.10. The fourth-order valence-corrected chi connectivity index (χ4v) is 2.08. The molecule has 0 bridgehead atoms. The van der Waals surface area contributed by atoms with Gasteiger partial charge in [0.2, 0.25) is 0 Å². The zero-order chi connectivity index (χ0) is 13.7. The SMILES string of the molecule is NC(=S)c1ncccc1COCc1ccc(Br)cc1. The van der Waals surface area contributed by atoms with Gasteiger partial charge in [-0.15, -0.1) is 0 Å². The van der Waals surface area contributed by atoms with E-state index in [2.05, 4.69) is 20.9 Å². The number of nitrogens with zero attached hydrogens (tertiary/aromatic N) is 1. The molecule has 98 valence electrons. The third kappa shape index (κ3) is 4.09. The van der Waals surface area contributed by atoms with Crippen molar-refractivity contribution in [1.29, 1.82) is 0 Å². The average molecular weight is 337 g/mol. The molecule has 0 radical (unpaired) electrons. The van der Waals surface area contributed by atoms with Crippen LogP contribution < -0.4 is 5.73 Å². The summed E-state index contributed by atoms with van der Waals surface area (Å²) in [5.41, 5.74) is 8.28. The number of benzene rings is 1. The van der Waals surface area contributed by atoms with E-state index in [1.165, 1.54) is 0 Å². The van der Waals surface area contributed by atoms with Gasteiger partial charge >= 0.3 is 0 Å². The van der Waals surface area contributed by atoms with Gasteiger partial charge in [0, 0.05) is 16.2 Å². The van der Waals surface area contributed by atoms with E-state index in [4.69, 9.17) is 22.7 Å². The number of hydrogen-bond acceptors (Lipinski definition) is 3. The van der Waals surface area contributed by atoms with Gasteiger partial charge in [0.1, 0.15) is 10.7 Å². The van der Waals surface area contributed by atoms with E-state index in [9.17, 15) is 0 Å². The van der Waals surface area contributed by atoms with Crippen molar-refractivity contribution in [2.75, 3.05) is 0 Å². The Balaban J connectivity index is 1.96. The molecule has 0 aliphatic carbocycles. The van der Waals surface area contributed by atoms with Gasteiger partial charge in [-0.25, -0.2) is 0 Å². The summed E-state index contributed by atoms with van der Waals surface area (Å²) in [5, 5.41) is 0. The van der Waals surface area contributed by atoms with Crippen molar-refractivity contribution in [3.63, 3.8) is 0 Å². The fraction of sp³-hybridized carbons (Fsp3) is 0.143. The summed E-state index contributed by atoms with van der Waals surface area (Å²) in [4.78, 5) is 4.46. The van der Waals surface area contributed by atoms with Crippen LogP contribution in [0.25, 0.3) is 0 Å². The van der Waals surface area contributed by atoms with Crippen LogP contribution in [-0.2, 0) is 18.0 Å². The largest absolute Gasteiger partial charge is 0.388 e. The molecule has 0 saturated carbocycles. The van der Waals surface area contributed by atoms with Crippen molar-refractivity contribution in [3.05, 3.63) is 63.9 Å². The fourth-order valence-electron chi connectivity index (χ4n) is 1.64. The minimum Gasteiger partial charge on any atom is -0.388 e. The lowest BCUT2D eigenvalue weighted by Crippen LogP contribution is -2.14. The standard InChI is InChI=1S/C14H13BrN2OS/c15-12-5-3-10(4-6-12)8-18-9-11-2-1-7-17-13(11)14(16)19/h1-7H,8-9H2,(H2,16,19). The Labute approximate surface area is 125 Å². The zero-order valence-corrected chi connectivity index (χ0v) is 12.6. The smallest absolute Gasteiger partial charge is 0.123 e. The minimum atomic E-state index is 0.294. The summed E-state index contributed by atoms with van der Waals surface area (Å²) in [5.74, 6) is 0. The van der Waals surface area contributed by atoms with Crippen molar-refractivity contribution in [2.45, 2.75) is 13.2 Å². The molecule has 0 aliphatic rings. The van der Waals surface area contributed by atoms with Crippen molar-refractivity contribution in [1.82, 2.24) is 4.98 Å². The second-order valence-corrected chi connectivity index (χ2v) is 5.35. The van der Waals surface area contributed by atoms with Gasteiger partial charge in [0.25, 0.3) is 0 Å². The second-order valence-electron chi connectivity index (χ2n) is 3.99. The molecule has 1 heterocycles. The van der Waals surface area contributed by atoms with Crippen molar-refractivity contribution in [2.24, 2.45) is 5.73 Å². The Hall–Kier alpha value is -1.30. The zero-order valence-electron chi connectivity index (χ0n) is 10.2. The first-order valence-electron chi connectivity index (χ1n) is 5.72. The molecule has 0 fully saturated rings. The Kier molecular flexibility index (Phi) is 5.01. The molecule has 0 amide bonds. The van der Waals surface area contributed by atoms with Crippen LogP contribution >= 0.6 is 28.1 Å². The first-order valence-corrected chi connectivity index (χ1v) is 6.93. The summed E-state index contributed by atoms with van der Waals surface area (Å²) in [6.07, 6.45) is 1.67. The highest BCUT2D eigenvalue weighted by atomic mass is 79.9. The van der Waals surface area contributed by atoms with Gasteiger partial charge in [-0.1, -0.05) is 46.3 Å². The van der Waals surface area contributed by atoms with Gasteiger partial charge < -0.3 is 10.5 Å².